The van der Waals surface area contributed by atoms with Crippen LogP contribution < -0.4 is 0 Å². The van der Waals surface area contributed by atoms with E-state index in [1.807, 2.05) is 24.3 Å². The van der Waals surface area contributed by atoms with E-state index in [0.717, 1.165) is 21.4 Å². The number of nitrogens with one attached hydrogen (secondary N) is 1. The highest BCUT2D eigenvalue weighted by Gasteiger charge is 2.42. The van der Waals surface area contributed by atoms with Crippen LogP contribution in [0.15, 0.2) is 30.5 Å². The number of nitrogens with zero attached hydrogens (tertiary/aromatic N) is 1. The number of benzene rings is 1. The average molecular weight is 274 g/mol. The SMILES string of the molecule is O=C(O)N1C(=O)CC(O)C1Cc1c[nH]c2ccccc12. The number of aliphatic hydroxyl groups excluding tert-OH is 1. The Morgan fingerprint density at radius 2 is 2.15 bits per heavy atom. The van der Waals surface area contributed by atoms with E-state index in [1.54, 1.807) is 6.20 Å². The minimum Gasteiger partial charge on any atom is -0.465 e. The maximum absolute atomic E-state index is 11.6. The van der Waals surface area contributed by atoms with Crippen molar-refractivity contribution in [2.75, 3.05) is 0 Å². The molecule has 0 bridgehead atoms. The van der Waals surface area contributed by atoms with Gasteiger partial charge in [-0.25, -0.2) is 9.69 Å². The van der Waals surface area contributed by atoms with Crippen molar-refractivity contribution in [2.24, 2.45) is 0 Å². The number of amides is 2. The Morgan fingerprint density at radius 1 is 1.40 bits per heavy atom. The van der Waals surface area contributed by atoms with Crippen LogP contribution in [-0.4, -0.2) is 44.2 Å². The molecular formula is C14H14N2O4. The van der Waals surface area contributed by atoms with E-state index in [2.05, 4.69) is 4.98 Å². The predicted molar refractivity (Wildman–Crippen MR) is 71.3 cm³/mol. The van der Waals surface area contributed by atoms with Crippen molar-refractivity contribution in [1.29, 1.82) is 0 Å². The molecule has 6 nitrogen and oxygen atoms in total. The van der Waals surface area contributed by atoms with Gasteiger partial charge in [-0.1, -0.05) is 18.2 Å². The molecule has 1 aromatic carbocycles. The molecule has 2 unspecified atom stereocenters. The van der Waals surface area contributed by atoms with Crippen molar-refractivity contribution in [3.05, 3.63) is 36.0 Å². The molecule has 2 aromatic rings. The number of fused-ring (bicyclic) bond motifs is 1. The number of aliphatic hydroxyl groups is 1. The summed E-state index contributed by atoms with van der Waals surface area (Å²) in [4.78, 5) is 26.6. The number of carbonyl (C=O) groups excluding carboxylic acids is 1. The summed E-state index contributed by atoms with van der Waals surface area (Å²) in [5.41, 5.74) is 1.84. The molecule has 2 heterocycles. The number of carboxylic acid groups (broad SMARTS) is 1. The van der Waals surface area contributed by atoms with Gasteiger partial charge in [-0.15, -0.1) is 0 Å². The zero-order valence-corrected chi connectivity index (χ0v) is 10.6. The van der Waals surface area contributed by atoms with Gasteiger partial charge < -0.3 is 15.2 Å². The molecule has 1 aliphatic rings. The van der Waals surface area contributed by atoms with E-state index in [0.29, 0.717) is 6.42 Å². The van der Waals surface area contributed by atoms with Gasteiger partial charge in [0, 0.05) is 17.1 Å². The van der Waals surface area contributed by atoms with Crippen LogP contribution >= 0.6 is 0 Å². The van der Waals surface area contributed by atoms with Crippen LogP contribution in [0.2, 0.25) is 0 Å². The van der Waals surface area contributed by atoms with Crippen LogP contribution in [0.1, 0.15) is 12.0 Å². The summed E-state index contributed by atoms with van der Waals surface area (Å²) in [5.74, 6) is -0.546. The number of likely N-dealkylation sites (tertiary alicyclic amines) is 1. The van der Waals surface area contributed by atoms with Crippen molar-refractivity contribution in [2.45, 2.75) is 25.0 Å². The van der Waals surface area contributed by atoms with Crippen molar-refractivity contribution in [3.8, 4) is 0 Å². The normalized spacial score (nSPS) is 22.6. The predicted octanol–water partition coefficient (Wildman–Crippen LogP) is 1.35. The molecule has 3 N–H and O–H groups in total. The van der Waals surface area contributed by atoms with Gasteiger partial charge >= 0.3 is 6.09 Å². The number of carbonyl (C=O) groups is 2. The Hall–Kier alpha value is -2.34. The molecule has 20 heavy (non-hydrogen) atoms. The smallest absolute Gasteiger partial charge is 0.414 e. The summed E-state index contributed by atoms with van der Waals surface area (Å²) in [5, 5.41) is 20.0. The molecular weight excluding hydrogens is 260 g/mol. The Kier molecular flexibility index (Phi) is 2.94. The molecule has 0 radical (unpaired) electrons. The average Bonchev–Trinajstić information content (AvgIpc) is 2.92. The molecule has 0 saturated carbocycles. The second kappa shape index (κ2) is 4.64. The maximum Gasteiger partial charge on any atom is 0.414 e. The monoisotopic (exact) mass is 274 g/mol. The van der Waals surface area contributed by atoms with Crippen LogP contribution in [0.3, 0.4) is 0 Å². The van der Waals surface area contributed by atoms with Gasteiger partial charge in [0.1, 0.15) is 0 Å². The molecule has 104 valence electrons. The fourth-order valence-electron chi connectivity index (χ4n) is 2.77. The molecule has 2 atom stereocenters. The van der Waals surface area contributed by atoms with Gasteiger partial charge in [-0.2, -0.15) is 0 Å². The number of hydrogen-bond donors (Lipinski definition) is 3. The van der Waals surface area contributed by atoms with Crippen LogP contribution in [0.5, 0.6) is 0 Å². The summed E-state index contributed by atoms with van der Waals surface area (Å²) in [7, 11) is 0. The third kappa shape index (κ3) is 1.94. The second-order valence-corrected chi connectivity index (χ2v) is 4.95. The van der Waals surface area contributed by atoms with E-state index in [-0.39, 0.29) is 6.42 Å². The number of aromatic amines is 1. The lowest BCUT2D eigenvalue weighted by atomic mass is 10.0. The Balaban J connectivity index is 1.93. The van der Waals surface area contributed by atoms with Crippen molar-refractivity contribution < 1.29 is 19.8 Å². The lowest BCUT2D eigenvalue weighted by molar-refractivity contribution is -0.126. The lowest BCUT2D eigenvalue weighted by Crippen LogP contribution is -2.42. The fraction of sp³-hybridized carbons (Fsp3) is 0.286. The van der Waals surface area contributed by atoms with Crippen LogP contribution in [0, 0.1) is 0 Å². The van der Waals surface area contributed by atoms with E-state index in [4.69, 9.17) is 5.11 Å². The zero-order chi connectivity index (χ0) is 14.3. The topological polar surface area (TPSA) is 93.6 Å². The largest absolute Gasteiger partial charge is 0.465 e. The summed E-state index contributed by atoms with van der Waals surface area (Å²) >= 11 is 0. The number of para-hydroxylation sites is 1. The first-order chi connectivity index (χ1) is 9.58. The van der Waals surface area contributed by atoms with Crippen LogP contribution in [0.4, 0.5) is 4.79 Å². The van der Waals surface area contributed by atoms with E-state index in [1.165, 1.54) is 0 Å². The molecule has 0 spiro atoms. The quantitative estimate of drug-likeness (QED) is 0.770. The third-order valence-electron chi connectivity index (χ3n) is 3.74. The fourth-order valence-corrected chi connectivity index (χ4v) is 2.77. The van der Waals surface area contributed by atoms with E-state index >= 15 is 0 Å². The number of H-pyrrole nitrogens is 1. The Bertz CT molecular complexity index is 679. The van der Waals surface area contributed by atoms with Crippen LogP contribution in [-0.2, 0) is 11.2 Å². The summed E-state index contributed by atoms with van der Waals surface area (Å²) in [6.07, 6.45) is -0.299. The van der Waals surface area contributed by atoms with E-state index in [9.17, 15) is 14.7 Å². The van der Waals surface area contributed by atoms with Gasteiger partial charge in [0.2, 0.25) is 5.91 Å². The van der Waals surface area contributed by atoms with Gasteiger partial charge in [-0.3, -0.25) is 4.79 Å². The maximum atomic E-state index is 11.6. The minimum atomic E-state index is -1.31. The third-order valence-corrected chi connectivity index (χ3v) is 3.74. The zero-order valence-electron chi connectivity index (χ0n) is 10.6. The minimum absolute atomic E-state index is 0.140. The van der Waals surface area contributed by atoms with Gasteiger partial charge in [0.15, 0.2) is 0 Å². The summed E-state index contributed by atoms with van der Waals surface area (Å²) < 4.78 is 0. The number of hydrogen-bond acceptors (Lipinski definition) is 3. The van der Waals surface area contributed by atoms with Crippen LogP contribution in [0.25, 0.3) is 10.9 Å². The summed E-state index contributed by atoms with van der Waals surface area (Å²) in [6.45, 7) is 0. The molecule has 2 amide bonds. The highest BCUT2D eigenvalue weighted by molar-refractivity contribution is 5.94. The van der Waals surface area contributed by atoms with Gasteiger partial charge in [0.05, 0.1) is 18.6 Å². The van der Waals surface area contributed by atoms with Gasteiger partial charge in [0.25, 0.3) is 0 Å². The molecule has 3 rings (SSSR count). The molecule has 1 fully saturated rings. The van der Waals surface area contributed by atoms with Gasteiger partial charge in [-0.05, 0) is 18.1 Å². The first-order valence-electron chi connectivity index (χ1n) is 6.36. The Labute approximate surface area is 114 Å². The lowest BCUT2D eigenvalue weighted by Gasteiger charge is -2.21. The first kappa shape index (κ1) is 12.7. The number of aromatic nitrogens is 1. The molecule has 1 aromatic heterocycles. The van der Waals surface area contributed by atoms with Crippen molar-refractivity contribution >= 4 is 22.9 Å². The highest BCUT2D eigenvalue weighted by Crippen LogP contribution is 2.26. The Morgan fingerprint density at radius 3 is 2.90 bits per heavy atom. The molecule has 1 aliphatic heterocycles. The van der Waals surface area contributed by atoms with E-state index < -0.39 is 24.1 Å². The molecule has 6 heteroatoms. The first-order valence-corrected chi connectivity index (χ1v) is 6.36. The number of rotatable bonds is 2. The highest BCUT2D eigenvalue weighted by atomic mass is 16.4. The standard InChI is InChI=1S/C14H14N2O4/c17-12-6-13(18)16(14(19)20)11(12)5-8-7-15-10-4-2-1-3-9(8)10/h1-4,7,11-12,15,17H,5-6H2,(H,19,20). The molecule has 0 aliphatic carbocycles. The number of imide groups is 1. The van der Waals surface area contributed by atoms with Crippen molar-refractivity contribution in [1.82, 2.24) is 9.88 Å². The summed E-state index contributed by atoms with van der Waals surface area (Å²) in [6, 6.07) is 6.92. The van der Waals surface area contributed by atoms with Crippen molar-refractivity contribution in [3.63, 3.8) is 0 Å². The molecule has 1 saturated heterocycles. The second-order valence-electron chi connectivity index (χ2n) is 4.95.